The molecule has 0 saturated carbocycles. The van der Waals surface area contributed by atoms with Crippen molar-refractivity contribution < 1.29 is 9.59 Å². The minimum atomic E-state index is -0.518. The Morgan fingerprint density at radius 2 is 1.69 bits per heavy atom. The van der Waals surface area contributed by atoms with Crippen molar-refractivity contribution in [1.82, 2.24) is 4.90 Å². The second-order valence-corrected chi connectivity index (χ2v) is 10.1. The van der Waals surface area contributed by atoms with E-state index in [1.54, 1.807) is 24.5 Å². The van der Waals surface area contributed by atoms with Crippen molar-refractivity contribution in [3.8, 4) is 0 Å². The van der Waals surface area contributed by atoms with E-state index in [0.717, 1.165) is 26.8 Å². The molecule has 32 heavy (non-hydrogen) atoms. The number of hydrogen-bond donors (Lipinski definition) is 0. The number of rotatable bonds is 2. The first kappa shape index (κ1) is 20.9. The van der Waals surface area contributed by atoms with Crippen LogP contribution in [0.2, 0.25) is 0 Å². The third-order valence-electron chi connectivity index (χ3n) is 5.98. The molecule has 1 aromatic heterocycles. The summed E-state index contributed by atoms with van der Waals surface area (Å²) in [5.74, 6) is -0.872. The maximum absolute atomic E-state index is 12.7. The number of nitrogens with zero attached hydrogens (tertiary/aromatic N) is 3. The number of para-hydroxylation sites is 2. The van der Waals surface area contributed by atoms with Gasteiger partial charge in [0.1, 0.15) is 0 Å². The van der Waals surface area contributed by atoms with Crippen LogP contribution in [0.25, 0.3) is 6.08 Å². The zero-order chi connectivity index (χ0) is 22.6. The zero-order valence-corrected chi connectivity index (χ0v) is 20.4. The van der Waals surface area contributed by atoms with E-state index in [-0.39, 0.29) is 21.6 Å². The van der Waals surface area contributed by atoms with Gasteiger partial charge in [-0.3, -0.25) is 0 Å². The summed E-state index contributed by atoms with van der Waals surface area (Å²) in [7, 11) is 1.61. The van der Waals surface area contributed by atoms with Crippen molar-refractivity contribution >= 4 is 66.3 Å². The third kappa shape index (κ3) is 3.16. The molecule has 2 aliphatic heterocycles. The van der Waals surface area contributed by atoms with Crippen molar-refractivity contribution in [3.05, 3.63) is 82.2 Å². The number of hydrogen-bond acceptors (Lipinski definition) is 4. The Kier molecular flexibility index (Phi) is 4.93. The van der Waals surface area contributed by atoms with Crippen LogP contribution < -0.4 is 4.90 Å². The van der Waals surface area contributed by atoms with Gasteiger partial charge in [-0.2, -0.15) is 0 Å². The summed E-state index contributed by atoms with van der Waals surface area (Å²) in [6.07, 6.45) is 1.67. The monoisotopic (exact) mass is 506 g/mol. The molecule has 0 aliphatic carbocycles. The molecule has 3 heterocycles. The molecule has 0 spiro atoms. The summed E-state index contributed by atoms with van der Waals surface area (Å²) >= 11 is 4.24. The molecule has 1 radical (unpaired) electrons. The first-order valence-electron chi connectivity index (χ1n) is 10.2. The molecule has 3 aromatic rings. The van der Waals surface area contributed by atoms with E-state index in [1.165, 1.54) is 10.5 Å². The summed E-state index contributed by atoms with van der Waals surface area (Å²) in [5, 5.41) is 1.09. The first-order chi connectivity index (χ1) is 15.3. The Morgan fingerprint density at radius 1 is 1.00 bits per heavy atom. The minimum absolute atomic E-state index is 0.0756. The maximum atomic E-state index is 12.7. The van der Waals surface area contributed by atoms with E-state index in [4.69, 9.17) is 0 Å². The fourth-order valence-electron chi connectivity index (χ4n) is 4.22. The van der Waals surface area contributed by atoms with Crippen LogP contribution in [0.5, 0.6) is 0 Å². The van der Waals surface area contributed by atoms with Crippen molar-refractivity contribution in [2.24, 2.45) is 4.99 Å². The van der Waals surface area contributed by atoms with Crippen LogP contribution in [0.3, 0.4) is 0 Å². The van der Waals surface area contributed by atoms with Gasteiger partial charge >= 0.3 is 193 Å². The summed E-state index contributed by atoms with van der Waals surface area (Å²) in [4.78, 5) is 33.6. The van der Waals surface area contributed by atoms with Gasteiger partial charge in [-0.1, -0.05) is 6.07 Å². The van der Waals surface area contributed by atoms with E-state index in [2.05, 4.69) is 82.2 Å². The number of aliphatic imine (C=N–C) groups is 1. The van der Waals surface area contributed by atoms with Gasteiger partial charge in [0.05, 0.1) is 0 Å². The van der Waals surface area contributed by atoms with Gasteiger partial charge in [-0.05, 0) is 0 Å². The second kappa shape index (κ2) is 7.55. The predicted octanol–water partition coefficient (Wildman–Crippen LogP) is 4.76. The average Bonchev–Trinajstić information content (AvgIpc) is 3.21. The van der Waals surface area contributed by atoms with Crippen LogP contribution in [0.1, 0.15) is 29.9 Å². The van der Waals surface area contributed by atoms with Gasteiger partial charge in [-0.25, -0.2) is 0 Å². The second-order valence-electron chi connectivity index (χ2n) is 8.30. The van der Waals surface area contributed by atoms with Gasteiger partial charge in [-0.15, -0.1) is 0 Å². The molecule has 7 heteroatoms. The summed E-state index contributed by atoms with van der Waals surface area (Å²) in [6, 6.07) is 20.8. The Labute approximate surface area is 198 Å². The molecule has 2 aliphatic rings. The number of amides is 2. The molecule has 0 saturated heterocycles. The number of amidine groups is 1. The molecule has 0 atom stereocenters. The summed E-state index contributed by atoms with van der Waals surface area (Å²) in [5.41, 5.74) is 4.44. The number of likely N-dealkylation sites (N-methyl/N-ethyl adjacent to an activating group) is 1. The zero-order valence-electron chi connectivity index (χ0n) is 17.8. The first-order valence-corrected chi connectivity index (χ1v) is 11.8. The molecule has 2 amide bonds. The van der Waals surface area contributed by atoms with Crippen LogP contribution in [-0.2, 0) is 15.0 Å². The summed E-state index contributed by atoms with van der Waals surface area (Å²) < 4.78 is 0.287. The van der Waals surface area contributed by atoms with Crippen LogP contribution in [0, 0.1) is 0 Å². The van der Waals surface area contributed by atoms with E-state index >= 15 is 0 Å². The number of benzene rings is 2. The molecule has 0 fully saturated rings. The molecule has 159 valence electrons. The van der Waals surface area contributed by atoms with Gasteiger partial charge in [0.25, 0.3) is 0 Å². The predicted molar refractivity (Wildman–Crippen MR) is 130 cm³/mol. The number of thiophene rings is 1. The number of anilines is 3. The van der Waals surface area contributed by atoms with Crippen LogP contribution in [0.15, 0.2) is 71.2 Å². The van der Waals surface area contributed by atoms with E-state index < -0.39 is 5.91 Å². The van der Waals surface area contributed by atoms with Crippen LogP contribution >= 0.6 is 11.3 Å². The molecular weight excluding hydrogens is 485 g/mol. The van der Waals surface area contributed by atoms with Gasteiger partial charge in [0, 0.05) is 0 Å². The van der Waals surface area contributed by atoms with Crippen LogP contribution in [0.4, 0.5) is 16.4 Å². The molecular formula is C25H20N3O2SSe. The van der Waals surface area contributed by atoms with Crippen molar-refractivity contribution in [2.75, 3.05) is 11.9 Å². The fraction of sp³-hybridized carbons (Fsp3) is 0.160. The Hall–Kier alpha value is -2.99. The van der Waals surface area contributed by atoms with E-state index in [1.807, 2.05) is 18.2 Å². The molecule has 2 aromatic carbocycles. The van der Waals surface area contributed by atoms with Crippen molar-refractivity contribution in [1.29, 1.82) is 0 Å². The molecule has 0 N–H and O–H groups in total. The van der Waals surface area contributed by atoms with E-state index in [0.29, 0.717) is 0 Å². The molecule has 5 rings (SSSR count). The van der Waals surface area contributed by atoms with E-state index in [9.17, 15) is 9.59 Å². The fourth-order valence-corrected chi connectivity index (χ4v) is 5.86. The quantitative estimate of drug-likeness (QED) is 0.287. The topological polar surface area (TPSA) is 53.0 Å². The molecule has 0 bridgehead atoms. The third-order valence-corrected chi connectivity index (χ3v) is 7.81. The van der Waals surface area contributed by atoms with Gasteiger partial charge < -0.3 is 0 Å². The molecule has 0 unspecified atom stereocenters. The normalized spacial score (nSPS) is 18.5. The van der Waals surface area contributed by atoms with Gasteiger partial charge in [0.15, 0.2) is 0 Å². The number of carbonyl (C=O) groups is 2. The number of carbonyl (C=O) groups excluding carboxylic acids is 2. The van der Waals surface area contributed by atoms with Crippen LogP contribution in [-0.4, -0.2) is 44.5 Å². The summed E-state index contributed by atoms with van der Waals surface area (Å²) in [6.45, 7) is 4.43. The molecule has 5 nitrogen and oxygen atoms in total. The Balaban J connectivity index is 1.70. The Bertz CT molecular complexity index is 1320. The standard InChI is InChI=1S/C25H20N3O2SSe/c1-25(2)18-11-7-8-12-20(18)28(15-9-5-4-6-10-15)23-19(25)14-16(31-23)13-17-21(29)26-24(32)27(3)22(17)30/h4-14H,1-3H3/b17-13+. The number of fused-ring (bicyclic) bond motifs is 2. The van der Waals surface area contributed by atoms with Crippen molar-refractivity contribution in [2.45, 2.75) is 19.3 Å². The Morgan fingerprint density at radius 3 is 2.44 bits per heavy atom. The van der Waals surface area contributed by atoms with Gasteiger partial charge in [0.2, 0.25) is 0 Å². The van der Waals surface area contributed by atoms with Crippen molar-refractivity contribution in [3.63, 3.8) is 0 Å². The SMILES string of the molecule is CN1C(=O)/C(=C/c2cc3c(s2)N(c2ccccc2)c2ccccc2C3(C)C)C(=O)N=C1[Se]. The average molecular weight is 505 g/mol.